The van der Waals surface area contributed by atoms with Crippen LogP contribution in [0, 0.1) is 3.57 Å². The van der Waals surface area contributed by atoms with Crippen molar-refractivity contribution in [1.29, 1.82) is 0 Å². The molecule has 2 unspecified atom stereocenters. The molecule has 0 spiro atoms. The topological polar surface area (TPSA) is 70.1 Å². The van der Waals surface area contributed by atoms with Crippen molar-refractivity contribution in [3.05, 3.63) is 16.0 Å². The van der Waals surface area contributed by atoms with Gasteiger partial charge >= 0.3 is 5.97 Å². The Morgan fingerprint density at radius 2 is 2.41 bits per heavy atom. The number of hydrogen-bond donors (Lipinski definition) is 1. The third-order valence-electron chi connectivity index (χ3n) is 2.48. The number of rotatable bonds is 5. The van der Waals surface area contributed by atoms with Gasteiger partial charge in [-0.3, -0.25) is 9.48 Å². The quantitative estimate of drug-likeness (QED) is 0.648. The molecule has 2 atom stereocenters. The Kier molecular flexibility index (Phi) is 4.93. The van der Waals surface area contributed by atoms with Gasteiger partial charge in [-0.25, -0.2) is 0 Å². The molecule has 0 bridgehead atoms. The maximum atomic E-state index is 11.7. The minimum absolute atomic E-state index is 0.0536. The van der Waals surface area contributed by atoms with E-state index in [0.717, 1.165) is 3.57 Å². The highest BCUT2D eigenvalue weighted by Gasteiger charge is 2.32. The van der Waals surface area contributed by atoms with Gasteiger partial charge in [-0.2, -0.15) is 5.10 Å². The molecular weight excluding hydrogens is 333 g/mol. The van der Waals surface area contributed by atoms with Crippen molar-refractivity contribution >= 4 is 28.6 Å². The normalized spacial score (nSPS) is 16.3. The first-order valence-electron chi connectivity index (χ1n) is 5.52. The Bertz CT molecular complexity index is 390. The zero-order chi connectivity index (χ0) is 13.1. The van der Waals surface area contributed by atoms with Crippen LogP contribution in [0.2, 0.25) is 0 Å². The fraction of sp³-hybridized carbons (Fsp3) is 0.636. The van der Waals surface area contributed by atoms with E-state index in [1.54, 1.807) is 20.0 Å². The Morgan fingerprint density at radius 1 is 1.76 bits per heavy atom. The molecule has 2 N–H and O–H groups in total. The molecule has 1 heterocycles. The Labute approximate surface area is 115 Å². The van der Waals surface area contributed by atoms with Gasteiger partial charge in [0, 0.05) is 6.20 Å². The van der Waals surface area contributed by atoms with Gasteiger partial charge in [-0.15, -0.1) is 0 Å². The lowest BCUT2D eigenvalue weighted by molar-refractivity contribution is -0.149. The summed E-state index contributed by atoms with van der Waals surface area (Å²) in [7, 11) is 0. The lowest BCUT2D eigenvalue weighted by Crippen LogP contribution is -2.47. The van der Waals surface area contributed by atoms with Gasteiger partial charge in [0.15, 0.2) is 0 Å². The van der Waals surface area contributed by atoms with Gasteiger partial charge in [-0.05, 0) is 49.8 Å². The van der Waals surface area contributed by atoms with Crippen LogP contribution in [0.1, 0.15) is 33.2 Å². The molecule has 0 aromatic carbocycles. The van der Waals surface area contributed by atoms with Gasteiger partial charge in [0.2, 0.25) is 0 Å². The summed E-state index contributed by atoms with van der Waals surface area (Å²) >= 11 is 2.19. The van der Waals surface area contributed by atoms with Gasteiger partial charge in [0.05, 0.1) is 22.4 Å². The fourth-order valence-corrected chi connectivity index (χ4v) is 2.05. The van der Waals surface area contributed by atoms with E-state index in [1.165, 1.54) is 0 Å². The molecule has 1 aromatic heterocycles. The predicted molar refractivity (Wildman–Crippen MR) is 73.5 cm³/mol. The SMILES string of the molecule is CCOC(=O)C(C)(N)CC(C)n1cc(I)cn1. The number of aromatic nitrogens is 2. The van der Waals surface area contributed by atoms with Crippen LogP contribution < -0.4 is 5.73 Å². The monoisotopic (exact) mass is 351 g/mol. The second-order valence-corrected chi connectivity index (χ2v) is 5.58. The van der Waals surface area contributed by atoms with Gasteiger partial charge in [0.1, 0.15) is 5.54 Å². The minimum atomic E-state index is -0.979. The molecule has 0 aliphatic rings. The summed E-state index contributed by atoms with van der Waals surface area (Å²) in [5.41, 5.74) is 4.99. The summed E-state index contributed by atoms with van der Waals surface area (Å²) in [6.45, 7) is 5.79. The van der Waals surface area contributed by atoms with E-state index < -0.39 is 5.54 Å². The summed E-state index contributed by atoms with van der Waals surface area (Å²) < 4.78 is 7.82. The standard InChI is InChI=1S/C11H18IN3O2/c1-4-17-10(16)11(3,13)5-8(2)15-7-9(12)6-14-15/h6-8H,4-5,13H2,1-3H3. The molecule has 0 saturated heterocycles. The smallest absolute Gasteiger partial charge is 0.325 e. The zero-order valence-electron chi connectivity index (χ0n) is 10.3. The van der Waals surface area contributed by atoms with Gasteiger partial charge < -0.3 is 10.5 Å². The maximum absolute atomic E-state index is 11.7. The third kappa shape index (κ3) is 3.95. The maximum Gasteiger partial charge on any atom is 0.325 e. The predicted octanol–water partition coefficient (Wildman–Crippen LogP) is 1.72. The molecule has 17 heavy (non-hydrogen) atoms. The Morgan fingerprint density at radius 3 is 2.88 bits per heavy atom. The lowest BCUT2D eigenvalue weighted by Gasteiger charge is -2.25. The average molecular weight is 351 g/mol. The van der Waals surface area contributed by atoms with E-state index in [9.17, 15) is 4.79 Å². The highest BCUT2D eigenvalue weighted by atomic mass is 127. The van der Waals surface area contributed by atoms with Crippen molar-refractivity contribution < 1.29 is 9.53 Å². The molecule has 5 nitrogen and oxygen atoms in total. The second kappa shape index (κ2) is 5.81. The Balaban J connectivity index is 2.67. The molecule has 1 rings (SSSR count). The van der Waals surface area contributed by atoms with E-state index >= 15 is 0 Å². The van der Waals surface area contributed by atoms with Crippen molar-refractivity contribution in [2.45, 2.75) is 38.8 Å². The van der Waals surface area contributed by atoms with Crippen molar-refractivity contribution in [2.75, 3.05) is 6.61 Å². The second-order valence-electron chi connectivity index (χ2n) is 4.33. The van der Waals surface area contributed by atoms with Crippen LogP contribution in [0.25, 0.3) is 0 Å². The molecule has 0 aliphatic carbocycles. The highest BCUT2D eigenvalue weighted by Crippen LogP contribution is 2.20. The van der Waals surface area contributed by atoms with E-state index in [0.29, 0.717) is 13.0 Å². The number of carbonyl (C=O) groups is 1. The van der Waals surface area contributed by atoms with Crippen LogP contribution in [0.3, 0.4) is 0 Å². The number of nitrogens with zero attached hydrogens (tertiary/aromatic N) is 2. The molecule has 0 fully saturated rings. The molecular formula is C11H18IN3O2. The average Bonchev–Trinajstić information content (AvgIpc) is 2.64. The van der Waals surface area contributed by atoms with Crippen LogP contribution in [-0.2, 0) is 9.53 Å². The number of esters is 1. The first-order valence-corrected chi connectivity index (χ1v) is 6.60. The molecule has 0 amide bonds. The molecule has 0 saturated carbocycles. The van der Waals surface area contributed by atoms with Crippen LogP contribution in [0.5, 0.6) is 0 Å². The summed E-state index contributed by atoms with van der Waals surface area (Å²) in [6.07, 6.45) is 4.19. The van der Waals surface area contributed by atoms with Crippen LogP contribution in [0.4, 0.5) is 0 Å². The van der Waals surface area contributed by atoms with Gasteiger partial charge in [0.25, 0.3) is 0 Å². The number of ether oxygens (including phenoxy) is 1. The van der Waals surface area contributed by atoms with Crippen molar-refractivity contribution in [1.82, 2.24) is 9.78 Å². The van der Waals surface area contributed by atoms with E-state index in [4.69, 9.17) is 10.5 Å². The molecule has 96 valence electrons. The van der Waals surface area contributed by atoms with Crippen molar-refractivity contribution in [2.24, 2.45) is 5.73 Å². The fourth-order valence-electron chi connectivity index (χ4n) is 1.64. The Hall–Kier alpha value is -0.630. The molecule has 0 radical (unpaired) electrons. The molecule has 1 aromatic rings. The number of halogens is 1. The van der Waals surface area contributed by atoms with E-state index in [-0.39, 0.29) is 12.0 Å². The largest absolute Gasteiger partial charge is 0.465 e. The van der Waals surface area contributed by atoms with Crippen molar-refractivity contribution in [3.8, 4) is 0 Å². The summed E-state index contributed by atoms with van der Waals surface area (Å²) in [6, 6.07) is 0.0536. The van der Waals surface area contributed by atoms with Crippen molar-refractivity contribution in [3.63, 3.8) is 0 Å². The van der Waals surface area contributed by atoms with Crippen LogP contribution in [0.15, 0.2) is 12.4 Å². The molecule has 6 heteroatoms. The number of nitrogens with two attached hydrogens (primary N) is 1. The minimum Gasteiger partial charge on any atom is -0.465 e. The summed E-state index contributed by atoms with van der Waals surface area (Å²) in [5, 5.41) is 4.21. The highest BCUT2D eigenvalue weighted by molar-refractivity contribution is 14.1. The summed E-state index contributed by atoms with van der Waals surface area (Å²) in [5.74, 6) is -0.367. The van der Waals surface area contributed by atoms with Crippen LogP contribution >= 0.6 is 22.6 Å². The first kappa shape index (κ1) is 14.4. The van der Waals surface area contributed by atoms with Gasteiger partial charge in [-0.1, -0.05) is 0 Å². The first-order chi connectivity index (χ1) is 7.86. The van der Waals surface area contributed by atoms with E-state index in [1.807, 2.05) is 17.8 Å². The molecule has 0 aliphatic heterocycles. The van der Waals surface area contributed by atoms with Crippen LogP contribution in [-0.4, -0.2) is 27.9 Å². The lowest BCUT2D eigenvalue weighted by atomic mass is 9.95. The third-order valence-corrected chi connectivity index (χ3v) is 3.04. The summed E-state index contributed by atoms with van der Waals surface area (Å²) in [4.78, 5) is 11.7. The van der Waals surface area contributed by atoms with E-state index in [2.05, 4.69) is 27.7 Å². The zero-order valence-corrected chi connectivity index (χ0v) is 12.5. The number of hydrogen-bond acceptors (Lipinski definition) is 4. The number of carbonyl (C=O) groups excluding carboxylic acids is 1.